The van der Waals surface area contributed by atoms with Crippen LogP contribution in [-0.4, -0.2) is 37.7 Å². The van der Waals surface area contributed by atoms with E-state index in [9.17, 15) is 19.3 Å². The van der Waals surface area contributed by atoms with Crippen molar-refractivity contribution in [2.75, 3.05) is 6.61 Å². The summed E-state index contributed by atoms with van der Waals surface area (Å²) < 4.78 is 24.1. The molecule has 14 nitrogen and oxygen atoms in total. The van der Waals surface area contributed by atoms with Gasteiger partial charge in [0.05, 0.1) is 29.7 Å². The van der Waals surface area contributed by atoms with Crippen molar-refractivity contribution in [3.05, 3.63) is 129 Å². The van der Waals surface area contributed by atoms with Crippen LogP contribution in [0.25, 0.3) is 22.2 Å². The van der Waals surface area contributed by atoms with Gasteiger partial charge in [-0.2, -0.15) is 4.98 Å². The van der Waals surface area contributed by atoms with E-state index < -0.39 is 24.0 Å². The van der Waals surface area contributed by atoms with E-state index in [1.54, 1.807) is 41.8 Å². The summed E-state index contributed by atoms with van der Waals surface area (Å²) >= 11 is 0. The summed E-state index contributed by atoms with van der Waals surface area (Å²) in [6, 6.07) is 19.7. The van der Waals surface area contributed by atoms with Crippen LogP contribution in [0.2, 0.25) is 0 Å². The molecule has 3 aromatic carbocycles. The number of imidazole rings is 2. The number of hydrogen-bond donors (Lipinski definition) is 1. The van der Waals surface area contributed by atoms with E-state index in [-0.39, 0.29) is 23.7 Å². The highest BCUT2D eigenvalue weighted by Gasteiger charge is 2.23. The van der Waals surface area contributed by atoms with Crippen molar-refractivity contribution in [3.63, 3.8) is 0 Å². The predicted molar refractivity (Wildman–Crippen MR) is 168 cm³/mol. The molecule has 1 unspecified atom stereocenters. The van der Waals surface area contributed by atoms with Crippen molar-refractivity contribution in [2.45, 2.75) is 33.2 Å². The van der Waals surface area contributed by atoms with Gasteiger partial charge in [0.15, 0.2) is 24.3 Å². The fourth-order valence-corrected chi connectivity index (χ4v) is 5.13. The van der Waals surface area contributed by atoms with Crippen LogP contribution in [0.5, 0.6) is 6.01 Å². The average molecular weight is 637 g/mol. The second-order valence-corrected chi connectivity index (χ2v) is 10.3. The minimum absolute atomic E-state index is 0.122. The Hall–Kier alpha value is -6.31. The van der Waals surface area contributed by atoms with Crippen molar-refractivity contribution < 1.29 is 27.9 Å². The number of esters is 1. The molecule has 0 aliphatic rings. The van der Waals surface area contributed by atoms with Crippen molar-refractivity contribution >= 4 is 23.0 Å². The molecular formula is C33H28N6O8. The molecule has 14 heteroatoms. The maximum absolute atomic E-state index is 13.3. The topological polar surface area (TPSA) is 173 Å². The number of aryl methyl sites for hydroxylation is 1. The number of para-hydroxylation sites is 1. The lowest BCUT2D eigenvalue weighted by Gasteiger charge is -2.17. The smallest absolute Gasteiger partial charge is 0.465 e. The maximum atomic E-state index is 13.3. The summed E-state index contributed by atoms with van der Waals surface area (Å²) in [6.45, 7) is 3.75. The number of fused-ring (bicyclic) bond motifs is 1. The first-order valence-corrected chi connectivity index (χ1v) is 14.5. The molecule has 0 radical (unpaired) electrons. The number of benzene rings is 3. The number of aromatic nitrogens is 4. The highest BCUT2D eigenvalue weighted by Crippen LogP contribution is 2.31. The molecule has 1 N–H and O–H groups in total. The minimum atomic E-state index is -1.14. The van der Waals surface area contributed by atoms with Crippen LogP contribution >= 0.6 is 0 Å². The molecule has 6 rings (SSSR count). The Labute approximate surface area is 266 Å². The number of hydrogen-bond acceptors (Lipinski definition) is 11. The first kappa shape index (κ1) is 30.7. The Morgan fingerprint density at radius 1 is 1.04 bits per heavy atom. The van der Waals surface area contributed by atoms with E-state index >= 15 is 0 Å². The highest BCUT2D eigenvalue weighted by molar-refractivity contribution is 6.02. The summed E-state index contributed by atoms with van der Waals surface area (Å²) in [5, 5.41) is 5.80. The molecule has 0 spiro atoms. The zero-order chi connectivity index (χ0) is 32.9. The summed E-state index contributed by atoms with van der Waals surface area (Å²) in [5.41, 5.74) is 4.19. The minimum Gasteiger partial charge on any atom is -0.465 e. The van der Waals surface area contributed by atoms with Crippen LogP contribution in [-0.2, 0) is 17.9 Å². The second kappa shape index (κ2) is 13.4. The summed E-state index contributed by atoms with van der Waals surface area (Å²) in [5.74, 6) is -1.17. The maximum Gasteiger partial charge on any atom is 0.519 e. The first-order chi connectivity index (χ1) is 22.9. The quantitative estimate of drug-likeness (QED) is 0.140. The Kier molecular flexibility index (Phi) is 8.73. The third kappa shape index (κ3) is 6.42. The molecule has 0 saturated carbocycles. The van der Waals surface area contributed by atoms with Crippen LogP contribution < -0.4 is 15.9 Å². The first-order valence-electron chi connectivity index (χ1n) is 14.5. The van der Waals surface area contributed by atoms with E-state index in [0.717, 1.165) is 11.1 Å². The Bertz CT molecular complexity index is 2110. The standard InChI is InChI=1S/C33H28N6O8/c1-3-44-32-35-26-10-6-9-25(30(40)45-18-27-20(2)46-33(42)47-27)28(26)39(32)17-21-11-13-22(14-12-21)23-7-4-5-8-24(23)29(37-43)36-31(41)38-16-15-34-19-38/h4-16,19,29H,3,17-18H2,1-2H3,(H,36,41). The normalized spacial score (nSPS) is 11.7. The average Bonchev–Trinajstić information content (AvgIpc) is 3.82. The lowest BCUT2D eigenvalue weighted by Crippen LogP contribution is -2.30. The molecule has 3 aromatic heterocycles. The molecule has 1 atom stereocenters. The number of nitrogens with one attached hydrogen (secondary N) is 1. The van der Waals surface area contributed by atoms with Gasteiger partial charge in [0.2, 0.25) is 0 Å². The van der Waals surface area contributed by atoms with Gasteiger partial charge >= 0.3 is 17.8 Å². The number of nitrogens with zero attached hydrogens (tertiary/aromatic N) is 5. The molecule has 0 fully saturated rings. The molecule has 0 aliphatic carbocycles. The van der Waals surface area contributed by atoms with Gasteiger partial charge in [-0.15, -0.1) is 4.91 Å². The summed E-state index contributed by atoms with van der Waals surface area (Å²) in [7, 11) is 0. The van der Waals surface area contributed by atoms with Crippen LogP contribution in [0, 0.1) is 11.8 Å². The molecule has 0 saturated heterocycles. The van der Waals surface area contributed by atoms with E-state index in [1.165, 1.54) is 23.3 Å². The highest BCUT2D eigenvalue weighted by atomic mass is 16.6. The number of nitroso groups, excluding NO2 is 1. The monoisotopic (exact) mass is 636 g/mol. The number of carbonyl (C=O) groups excluding carboxylic acids is 2. The van der Waals surface area contributed by atoms with Gasteiger partial charge < -0.3 is 23.6 Å². The van der Waals surface area contributed by atoms with Crippen LogP contribution in [0.3, 0.4) is 0 Å². The van der Waals surface area contributed by atoms with Crippen molar-refractivity contribution in [2.24, 2.45) is 5.18 Å². The predicted octanol–water partition coefficient (Wildman–Crippen LogP) is 5.58. The third-order valence-electron chi connectivity index (χ3n) is 7.36. The Balaban J connectivity index is 1.28. The van der Waals surface area contributed by atoms with Crippen LogP contribution in [0.1, 0.15) is 46.1 Å². The van der Waals surface area contributed by atoms with Crippen LogP contribution in [0.4, 0.5) is 4.79 Å². The lowest BCUT2D eigenvalue weighted by molar-refractivity contribution is 0.0444. The van der Waals surface area contributed by atoms with E-state index in [0.29, 0.717) is 41.3 Å². The van der Waals surface area contributed by atoms with E-state index in [1.807, 2.05) is 43.3 Å². The van der Waals surface area contributed by atoms with Crippen molar-refractivity contribution in [1.29, 1.82) is 0 Å². The molecule has 0 bridgehead atoms. The molecule has 0 aliphatic heterocycles. The molecule has 238 valence electrons. The summed E-state index contributed by atoms with van der Waals surface area (Å²) in [6.07, 6.45) is 3.12. The zero-order valence-corrected chi connectivity index (χ0v) is 25.3. The van der Waals surface area contributed by atoms with Gasteiger partial charge in [0.25, 0.3) is 6.01 Å². The Morgan fingerprint density at radius 3 is 2.55 bits per heavy atom. The SMILES string of the molecule is CCOc1nc2cccc(C(=O)OCc3oc(=O)oc3C)c2n1Cc1ccc(-c2ccccc2C(N=O)NC(=O)n2ccnc2)cc1. The van der Waals surface area contributed by atoms with E-state index in [2.05, 4.69) is 20.5 Å². The fraction of sp³-hybridized carbons (Fsp3) is 0.182. The number of ether oxygens (including phenoxy) is 2. The van der Waals surface area contributed by atoms with E-state index in [4.69, 9.17) is 18.3 Å². The van der Waals surface area contributed by atoms with Gasteiger partial charge in [-0.3, -0.25) is 9.13 Å². The fourth-order valence-electron chi connectivity index (χ4n) is 5.13. The van der Waals surface area contributed by atoms with Gasteiger partial charge in [0, 0.05) is 18.0 Å². The lowest BCUT2D eigenvalue weighted by atomic mass is 9.97. The zero-order valence-electron chi connectivity index (χ0n) is 25.3. The Morgan fingerprint density at radius 2 is 1.85 bits per heavy atom. The van der Waals surface area contributed by atoms with Crippen LogP contribution in [0.15, 0.2) is 104 Å². The number of amides is 1. The molecule has 3 heterocycles. The van der Waals surface area contributed by atoms with Gasteiger partial charge in [-0.1, -0.05) is 54.6 Å². The molecule has 47 heavy (non-hydrogen) atoms. The van der Waals surface area contributed by atoms with Crippen molar-refractivity contribution in [1.82, 2.24) is 24.4 Å². The van der Waals surface area contributed by atoms with Gasteiger partial charge in [0.1, 0.15) is 6.33 Å². The molecule has 6 aromatic rings. The largest absolute Gasteiger partial charge is 0.519 e. The van der Waals surface area contributed by atoms with Crippen molar-refractivity contribution in [3.8, 4) is 17.1 Å². The van der Waals surface area contributed by atoms with Gasteiger partial charge in [-0.05, 0) is 47.8 Å². The molecular weight excluding hydrogens is 608 g/mol. The third-order valence-corrected chi connectivity index (χ3v) is 7.36. The summed E-state index contributed by atoms with van der Waals surface area (Å²) in [4.78, 5) is 57.6. The second-order valence-electron chi connectivity index (χ2n) is 10.3. The molecule has 1 amide bonds. The number of rotatable bonds is 11. The number of carbonyl (C=O) groups is 2. The van der Waals surface area contributed by atoms with Gasteiger partial charge in [-0.25, -0.2) is 19.4 Å².